The number of nitrogens with zero attached hydrogens (tertiary/aromatic N) is 1. The Bertz CT molecular complexity index is 480. The Morgan fingerprint density at radius 1 is 1.21 bits per heavy atom. The van der Waals surface area contributed by atoms with E-state index in [4.69, 9.17) is 21.1 Å². The van der Waals surface area contributed by atoms with Gasteiger partial charge in [0.25, 0.3) is 10.1 Å². The maximum Gasteiger partial charge on any atom is 0.264 e. The Morgan fingerprint density at radius 3 is 2.58 bits per heavy atom. The Hall–Kier alpha value is -0.730. The average molecular weight is 310 g/mol. The highest BCUT2D eigenvalue weighted by atomic mass is 35.5. The molecule has 0 aliphatic rings. The number of ether oxygens (including phenoxy) is 2. The molecule has 0 fully saturated rings. The van der Waals surface area contributed by atoms with Crippen molar-refractivity contribution in [3.63, 3.8) is 0 Å². The summed E-state index contributed by atoms with van der Waals surface area (Å²) in [7, 11) is -3.39. The van der Waals surface area contributed by atoms with Gasteiger partial charge in [0.05, 0.1) is 39.3 Å². The van der Waals surface area contributed by atoms with Crippen LogP contribution in [0.3, 0.4) is 0 Å². The van der Waals surface area contributed by atoms with Gasteiger partial charge in [-0.25, -0.2) is 4.98 Å². The summed E-state index contributed by atoms with van der Waals surface area (Å²) in [6.45, 7) is 1.41. The number of rotatable bonds is 9. The van der Waals surface area contributed by atoms with Crippen LogP contribution in [0.1, 0.15) is 5.56 Å². The fourth-order valence-electron chi connectivity index (χ4n) is 1.19. The first kappa shape index (κ1) is 16.3. The molecule has 0 N–H and O–H groups in total. The summed E-state index contributed by atoms with van der Waals surface area (Å²) in [5.41, 5.74) is 0.931. The fraction of sp³-hybridized carbons (Fsp3) is 0.545. The molecule has 1 aromatic rings. The van der Waals surface area contributed by atoms with Crippen LogP contribution >= 0.6 is 11.6 Å². The summed E-state index contributed by atoms with van der Waals surface area (Å²) in [5.74, 6) is 0. The van der Waals surface area contributed by atoms with Crippen LogP contribution in [-0.2, 0) is 30.4 Å². The third-order valence-electron chi connectivity index (χ3n) is 1.96. The Morgan fingerprint density at radius 2 is 1.89 bits per heavy atom. The van der Waals surface area contributed by atoms with Crippen molar-refractivity contribution < 1.29 is 22.1 Å². The van der Waals surface area contributed by atoms with Crippen LogP contribution in [0.25, 0.3) is 0 Å². The van der Waals surface area contributed by atoms with E-state index in [1.54, 1.807) is 12.3 Å². The van der Waals surface area contributed by atoms with E-state index in [-0.39, 0.29) is 13.2 Å². The zero-order valence-corrected chi connectivity index (χ0v) is 12.1. The summed E-state index contributed by atoms with van der Waals surface area (Å²) in [6.07, 6.45) is 2.61. The van der Waals surface area contributed by atoms with Crippen LogP contribution in [-0.4, -0.2) is 46.1 Å². The third kappa shape index (κ3) is 8.90. The summed E-state index contributed by atoms with van der Waals surface area (Å²) >= 11 is 5.72. The molecule has 0 spiro atoms. The second-order valence-electron chi connectivity index (χ2n) is 3.68. The highest BCUT2D eigenvalue weighted by Crippen LogP contribution is 2.07. The molecule has 0 saturated carbocycles. The average Bonchev–Trinajstić information content (AvgIpc) is 2.31. The molecule has 0 atom stereocenters. The molecule has 0 aliphatic heterocycles. The minimum Gasteiger partial charge on any atom is -0.377 e. The first-order valence-electron chi connectivity index (χ1n) is 5.58. The number of pyridine rings is 1. The molecule has 19 heavy (non-hydrogen) atoms. The lowest BCUT2D eigenvalue weighted by molar-refractivity contribution is 0.0311. The van der Waals surface area contributed by atoms with Gasteiger partial charge in [-0.1, -0.05) is 11.6 Å². The van der Waals surface area contributed by atoms with Crippen molar-refractivity contribution in [2.45, 2.75) is 6.61 Å². The molecule has 1 aromatic heterocycles. The third-order valence-corrected chi connectivity index (χ3v) is 2.76. The lowest BCUT2D eigenvalue weighted by atomic mass is 10.3. The summed E-state index contributed by atoms with van der Waals surface area (Å²) in [5, 5.41) is 0.426. The van der Waals surface area contributed by atoms with Crippen molar-refractivity contribution in [3.05, 3.63) is 29.0 Å². The second kappa shape index (κ2) is 8.44. The molecular formula is C11H16ClNO5S. The smallest absolute Gasteiger partial charge is 0.264 e. The molecule has 0 saturated heterocycles. The van der Waals surface area contributed by atoms with Crippen LogP contribution in [0.15, 0.2) is 18.3 Å². The van der Waals surface area contributed by atoms with Crippen LogP contribution in [0.5, 0.6) is 0 Å². The maximum absolute atomic E-state index is 10.6. The highest BCUT2D eigenvalue weighted by Gasteiger charge is 2.00. The van der Waals surface area contributed by atoms with Gasteiger partial charge in [-0.3, -0.25) is 4.18 Å². The van der Waals surface area contributed by atoms with Crippen LogP contribution in [0.4, 0.5) is 0 Å². The van der Waals surface area contributed by atoms with Crippen molar-refractivity contribution in [2.75, 3.05) is 32.7 Å². The van der Waals surface area contributed by atoms with E-state index in [2.05, 4.69) is 9.17 Å². The van der Waals surface area contributed by atoms with Crippen LogP contribution < -0.4 is 0 Å². The van der Waals surface area contributed by atoms with Gasteiger partial charge < -0.3 is 9.47 Å². The monoisotopic (exact) mass is 309 g/mol. The van der Waals surface area contributed by atoms with E-state index in [0.717, 1.165) is 11.8 Å². The molecule has 0 bridgehead atoms. The second-order valence-corrected chi connectivity index (χ2v) is 5.71. The minimum atomic E-state index is -3.39. The highest BCUT2D eigenvalue weighted by molar-refractivity contribution is 7.85. The lowest BCUT2D eigenvalue weighted by Gasteiger charge is -2.06. The summed E-state index contributed by atoms with van der Waals surface area (Å²) in [6, 6.07) is 3.54. The predicted molar refractivity (Wildman–Crippen MR) is 70.5 cm³/mol. The Labute approximate surface area is 117 Å². The van der Waals surface area contributed by atoms with Gasteiger partial charge in [0.2, 0.25) is 0 Å². The van der Waals surface area contributed by atoms with Crippen molar-refractivity contribution in [2.24, 2.45) is 0 Å². The van der Waals surface area contributed by atoms with E-state index >= 15 is 0 Å². The molecule has 0 amide bonds. The Kier molecular flexibility index (Phi) is 7.25. The largest absolute Gasteiger partial charge is 0.377 e. The van der Waals surface area contributed by atoms with Gasteiger partial charge >= 0.3 is 0 Å². The van der Waals surface area contributed by atoms with Crippen LogP contribution in [0.2, 0.25) is 5.15 Å². The van der Waals surface area contributed by atoms with E-state index in [1.807, 2.05) is 6.07 Å². The van der Waals surface area contributed by atoms with E-state index in [9.17, 15) is 8.42 Å². The van der Waals surface area contributed by atoms with E-state index in [1.165, 1.54) is 0 Å². The SMILES string of the molecule is CS(=O)(=O)OCCOCCOCc1ccnc(Cl)c1. The first-order chi connectivity index (χ1) is 8.97. The topological polar surface area (TPSA) is 74.7 Å². The van der Waals surface area contributed by atoms with Crippen molar-refractivity contribution in [3.8, 4) is 0 Å². The molecule has 1 rings (SSSR count). The van der Waals surface area contributed by atoms with Crippen molar-refractivity contribution >= 4 is 21.7 Å². The first-order valence-corrected chi connectivity index (χ1v) is 7.77. The lowest BCUT2D eigenvalue weighted by Crippen LogP contribution is -2.12. The Balaban J connectivity index is 2.00. The molecule has 0 radical (unpaired) electrons. The normalized spacial score (nSPS) is 11.7. The number of hydrogen-bond acceptors (Lipinski definition) is 6. The van der Waals surface area contributed by atoms with Crippen molar-refractivity contribution in [1.82, 2.24) is 4.98 Å². The summed E-state index contributed by atoms with van der Waals surface area (Å²) in [4.78, 5) is 3.86. The van der Waals surface area contributed by atoms with Gasteiger partial charge in [0, 0.05) is 6.20 Å². The molecule has 0 unspecified atom stereocenters. The molecule has 0 aliphatic carbocycles. The minimum absolute atomic E-state index is 0.0127. The van der Waals surface area contributed by atoms with Crippen molar-refractivity contribution in [1.29, 1.82) is 0 Å². The van der Waals surface area contributed by atoms with E-state index < -0.39 is 10.1 Å². The number of halogens is 1. The van der Waals surface area contributed by atoms with Gasteiger partial charge in [-0.15, -0.1) is 0 Å². The maximum atomic E-state index is 10.6. The quantitative estimate of drug-likeness (QED) is 0.388. The van der Waals surface area contributed by atoms with Gasteiger partial charge in [-0.05, 0) is 17.7 Å². The van der Waals surface area contributed by atoms with Crippen LogP contribution in [0, 0.1) is 0 Å². The molecular weight excluding hydrogens is 294 g/mol. The van der Waals surface area contributed by atoms with E-state index in [0.29, 0.717) is 25.0 Å². The zero-order valence-electron chi connectivity index (χ0n) is 10.5. The van der Waals surface area contributed by atoms with Gasteiger partial charge in [-0.2, -0.15) is 8.42 Å². The standard InChI is InChI=1S/C11H16ClNO5S/c1-19(14,15)18-7-6-16-4-5-17-9-10-2-3-13-11(12)8-10/h2-3,8H,4-7,9H2,1H3. The predicted octanol–water partition coefficient (Wildman–Crippen LogP) is 1.24. The molecule has 0 aromatic carbocycles. The zero-order chi connectivity index (χ0) is 14.1. The number of hydrogen-bond donors (Lipinski definition) is 0. The molecule has 6 nitrogen and oxygen atoms in total. The number of aromatic nitrogens is 1. The van der Waals surface area contributed by atoms with Gasteiger partial charge in [0.15, 0.2) is 0 Å². The molecule has 1 heterocycles. The summed E-state index contributed by atoms with van der Waals surface area (Å²) < 4.78 is 36.3. The molecule has 108 valence electrons. The van der Waals surface area contributed by atoms with Gasteiger partial charge in [0.1, 0.15) is 5.15 Å². The molecule has 8 heteroatoms. The fourth-order valence-corrected chi connectivity index (χ4v) is 1.75.